The molecule has 0 fully saturated rings. The van der Waals surface area contributed by atoms with E-state index in [4.69, 9.17) is 0 Å². The molecule has 2 aromatic heterocycles. The maximum atomic E-state index is 12.5. The van der Waals surface area contributed by atoms with E-state index in [1.165, 1.54) is 60.4 Å². The molecule has 0 spiro atoms. The van der Waals surface area contributed by atoms with E-state index in [2.05, 4.69) is 22.2 Å². The molecule has 0 amide bonds. The minimum atomic E-state index is -0.306. The monoisotopic (exact) mass is 463 g/mol. The maximum Gasteiger partial charge on any atom is 0.332 e. The fourth-order valence-corrected chi connectivity index (χ4v) is 4.32. The van der Waals surface area contributed by atoms with Gasteiger partial charge in [0.2, 0.25) is 0 Å². The average molecular weight is 464 g/mol. The first-order valence-electron chi connectivity index (χ1n) is 13.1. The molecule has 3 N–H and O–H groups in total. The molecule has 0 saturated heterocycles. The van der Waals surface area contributed by atoms with Gasteiger partial charge < -0.3 is 15.4 Å². The topological polar surface area (TPSA) is 105 Å². The van der Waals surface area contributed by atoms with Crippen LogP contribution in [0.2, 0.25) is 0 Å². The summed E-state index contributed by atoms with van der Waals surface area (Å²) in [7, 11) is 1.64. The molecule has 0 aliphatic rings. The number of aliphatic hydroxyl groups is 1. The van der Waals surface area contributed by atoms with E-state index in [9.17, 15) is 14.7 Å². The first kappa shape index (κ1) is 27.3. The number of aromatic nitrogens is 4. The van der Waals surface area contributed by atoms with E-state index < -0.39 is 0 Å². The van der Waals surface area contributed by atoms with Crippen LogP contribution in [-0.2, 0) is 13.6 Å². The molecule has 0 radical (unpaired) electrons. The third-order valence-electron chi connectivity index (χ3n) is 6.42. The van der Waals surface area contributed by atoms with Gasteiger partial charge in [-0.3, -0.25) is 13.9 Å². The Balaban J connectivity index is 1.46. The van der Waals surface area contributed by atoms with Crippen molar-refractivity contribution in [2.24, 2.45) is 7.05 Å². The largest absolute Gasteiger partial charge is 0.392 e. The predicted octanol–water partition coefficient (Wildman–Crippen LogP) is 3.86. The van der Waals surface area contributed by atoms with Gasteiger partial charge in [0.1, 0.15) is 5.52 Å². The number of aromatic amines is 1. The second-order valence-corrected chi connectivity index (χ2v) is 9.29. The molecule has 188 valence electrons. The van der Waals surface area contributed by atoms with Crippen molar-refractivity contribution in [1.82, 2.24) is 24.4 Å². The number of hydrogen-bond acceptors (Lipinski definition) is 5. The number of unbranched alkanes of at least 4 members (excludes halogenated alkanes) is 11. The molecule has 2 aromatic rings. The predicted molar refractivity (Wildman–Crippen MR) is 135 cm³/mol. The summed E-state index contributed by atoms with van der Waals surface area (Å²) in [5, 5.41) is 13.5. The Hall–Kier alpha value is -1.93. The highest BCUT2D eigenvalue weighted by atomic mass is 16.3. The molecule has 8 heteroatoms. The lowest BCUT2D eigenvalue weighted by atomic mass is 10.1. The van der Waals surface area contributed by atoms with E-state index in [1.807, 2.05) is 0 Å². The molecule has 0 bridgehead atoms. The van der Waals surface area contributed by atoms with Gasteiger partial charge in [0, 0.05) is 20.1 Å². The maximum absolute atomic E-state index is 12.5. The molecule has 2 heterocycles. The number of aryl methyl sites for hydroxylation is 1. The lowest BCUT2D eigenvalue weighted by Crippen LogP contribution is -2.39. The van der Waals surface area contributed by atoms with Crippen molar-refractivity contribution < 1.29 is 5.11 Å². The molecule has 0 aliphatic carbocycles. The number of H-pyrrole nitrogens is 1. The number of hydrogen-bond donors (Lipinski definition) is 3. The second kappa shape index (κ2) is 15.8. The summed E-state index contributed by atoms with van der Waals surface area (Å²) in [5.74, 6) is 0. The summed E-state index contributed by atoms with van der Waals surface area (Å²) in [6.45, 7) is 4.40. The third kappa shape index (κ3) is 9.45. The zero-order valence-electron chi connectivity index (χ0n) is 20.8. The quantitative estimate of drug-likeness (QED) is 0.274. The Labute approximate surface area is 197 Å². The number of aliphatic hydroxyl groups excluding tert-OH is 1. The summed E-state index contributed by atoms with van der Waals surface area (Å²) < 4.78 is 2.73. The normalized spacial score (nSPS) is 12.6. The summed E-state index contributed by atoms with van der Waals surface area (Å²) in [4.78, 5) is 31.7. The second-order valence-electron chi connectivity index (χ2n) is 9.29. The van der Waals surface area contributed by atoms with Crippen LogP contribution in [0.1, 0.15) is 96.8 Å². The van der Waals surface area contributed by atoms with Crippen LogP contribution in [0.15, 0.2) is 15.9 Å². The molecular weight excluding hydrogens is 418 g/mol. The minimum absolute atomic E-state index is 0.238. The summed E-state index contributed by atoms with van der Waals surface area (Å²) in [6.07, 6.45) is 17.3. The molecule has 0 aromatic carbocycles. The number of imidazole rings is 1. The van der Waals surface area contributed by atoms with Gasteiger partial charge in [-0.1, -0.05) is 77.6 Å². The van der Waals surface area contributed by atoms with Crippen LogP contribution >= 0.6 is 0 Å². The van der Waals surface area contributed by atoms with Crippen LogP contribution in [0.5, 0.6) is 0 Å². The Morgan fingerprint density at radius 3 is 2.33 bits per heavy atom. The van der Waals surface area contributed by atoms with Gasteiger partial charge in [0.05, 0.1) is 12.4 Å². The van der Waals surface area contributed by atoms with Crippen LogP contribution in [-0.4, -0.2) is 43.4 Å². The molecule has 0 saturated carbocycles. The van der Waals surface area contributed by atoms with Gasteiger partial charge in [0.25, 0.3) is 5.56 Å². The Morgan fingerprint density at radius 1 is 0.970 bits per heavy atom. The summed E-state index contributed by atoms with van der Waals surface area (Å²) in [6, 6.07) is 0. The van der Waals surface area contributed by atoms with Crippen molar-refractivity contribution in [3.05, 3.63) is 27.2 Å². The van der Waals surface area contributed by atoms with E-state index in [-0.39, 0.29) is 17.4 Å². The fraction of sp³-hybridized carbons (Fsp3) is 0.800. The molecule has 1 atom stereocenters. The highest BCUT2D eigenvalue weighted by Crippen LogP contribution is 2.10. The van der Waals surface area contributed by atoms with Crippen LogP contribution in [0.25, 0.3) is 11.2 Å². The summed E-state index contributed by atoms with van der Waals surface area (Å²) >= 11 is 0. The third-order valence-corrected chi connectivity index (χ3v) is 6.42. The first-order chi connectivity index (χ1) is 16.1. The minimum Gasteiger partial charge on any atom is -0.392 e. The van der Waals surface area contributed by atoms with Crippen LogP contribution < -0.4 is 16.6 Å². The van der Waals surface area contributed by atoms with E-state index in [1.54, 1.807) is 7.05 Å². The zero-order chi connectivity index (χ0) is 23.9. The highest BCUT2D eigenvalue weighted by Gasteiger charge is 2.12. The SMILES string of the molecule is CCCCCCCCNCC(O)CCCCCCCCCn1c(=O)c2[nH]cnc2n(C)c1=O. The Bertz CT molecular complexity index is 902. The molecule has 33 heavy (non-hydrogen) atoms. The van der Waals surface area contributed by atoms with Crippen molar-refractivity contribution in [2.75, 3.05) is 13.1 Å². The van der Waals surface area contributed by atoms with Crippen molar-refractivity contribution >= 4 is 11.2 Å². The van der Waals surface area contributed by atoms with E-state index in [0.29, 0.717) is 24.3 Å². The first-order valence-corrected chi connectivity index (χ1v) is 13.1. The van der Waals surface area contributed by atoms with E-state index >= 15 is 0 Å². The smallest absolute Gasteiger partial charge is 0.332 e. The van der Waals surface area contributed by atoms with Crippen LogP contribution in [0, 0.1) is 0 Å². The van der Waals surface area contributed by atoms with Gasteiger partial charge >= 0.3 is 5.69 Å². The zero-order valence-corrected chi connectivity index (χ0v) is 20.8. The van der Waals surface area contributed by atoms with Crippen molar-refractivity contribution in [3.63, 3.8) is 0 Å². The van der Waals surface area contributed by atoms with Gasteiger partial charge in [-0.05, 0) is 25.8 Å². The van der Waals surface area contributed by atoms with E-state index in [0.717, 1.165) is 51.5 Å². The van der Waals surface area contributed by atoms with Gasteiger partial charge in [-0.25, -0.2) is 9.78 Å². The molecular formula is C25H45N5O3. The standard InChI is InChI=1S/C25H45N5O3/c1-3-4-5-6-11-14-17-26-19-21(31)16-13-10-8-7-9-12-15-18-30-24(32)22-23(28-20-27-22)29(2)25(30)33/h20-21,26,31H,3-19H2,1-2H3,(H,27,28). The van der Waals surface area contributed by atoms with Gasteiger partial charge in [-0.15, -0.1) is 0 Å². The fourth-order valence-electron chi connectivity index (χ4n) is 4.32. The highest BCUT2D eigenvalue weighted by molar-refractivity contribution is 5.68. The number of rotatable bonds is 19. The van der Waals surface area contributed by atoms with Crippen LogP contribution in [0.3, 0.4) is 0 Å². The summed E-state index contributed by atoms with van der Waals surface area (Å²) in [5.41, 5.74) is 0.196. The number of fused-ring (bicyclic) bond motifs is 1. The number of nitrogens with zero attached hydrogens (tertiary/aromatic N) is 3. The van der Waals surface area contributed by atoms with Gasteiger partial charge in [-0.2, -0.15) is 0 Å². The molecule has 0 aliphatic heterocycles. The average Bonchev–Trinajstić information content (AvgIpc) is 3.30. The van der Waals surface area contributed by atoms with Crippen molar-refractivity contribution in [1.29, 1.82) is 0 Å². The molecule has 2 rings (SSSR count). The van der Waals surface area contributed by atoms with Crippen molar-refractivity contribution in [3.8, 4) is 0 Å². The lowest BCUT2D eigenvalue weighted by molar-refractivity contribution is 0.158. The molecule has 8 nitrogen and oxygen atoms in total. The number of nitrogens with one attached hydrogen (secondary N) is 2. The lowest BCUT2D eigenvalue weighted by Gasteiger charge is -2.11. The Morgan fingerprint density at radius 2 is 1.61 bits per heavy atom. The molecule has 1 unspecified atom stereocenters. The van der Waals surface area contributed by atoms with Crippen molar-refractivity contribution in [2.45, 2.75) is 109 Å². The van der Waals surface area contributed by atoms with Crippen LogP contribution in [0.4, 0.5) is 0 Å². The van der Waals surface area contributed by atoms with Gasteiger partial charge in [0.15, 0.2) is 5.65 Å². The Kier molecular flexibility index (Phi) is 13.1.